The van der Waals surface area contributed by atoms with E-state index in [1.807, 2.05) is 36.4 Å². The Morgan fingerprint density at radius 2 is 1.50 bits per heavy atom. The van der Waals surface area contributed by atoms with Gasteiger partial charge in [0.15, 0.2) is 0 Å². The van der Waals surface area contributed by atoms with E-state index < -0.39 is 12.7 Å². The molecule has 0 saturated heterocycles. The van der Waals surface area contributed by atoms with Crippen LogP contribution in [0.2, 0.25) is 0 Å². The highest BCUT2D eigenvalue weighted by atomic mass is 19.4. The van der Waals surface area contributed by atoms with Gasteiger partial charge in [0.25, 0.3) is 0 Å². The second-order valence-electron chi connectivity index (χ2n) is 4.69. The summed E-state index contributed by atoms with van der Waals surface area (Å²) in [4.78, 5) is 1.44. The van der Waals surface area contributed by atoms with Gasteiger partial charge in [-0.3, -0.25) is 4.90 Å². The minimum absolute atomic E-state index is 0.369. The van der Waals surface area contributed by atoms with Gasteiger partial charge in [-0.1, -0.05) is 36.4 Å². The van der Waals surface area contributed by atoms with Crippen molar-refractivity contribution in [3.63, 3.8) is 0 Å². The van der Waals surface area contributed by atoms with Crippen LogP contribution >= 0.6 is 0 Å². The van der Waals surface area contributed by atoms with Crippen LogP contribution in [0.25, 0.3) is 10.8 Å². The Balaban J connectivity index is 2.01. The molecule has 1 aliphatic rings. The number of rotatable bonds is 1. The molecule has 1 nitrogen and oxygen atoms in total. The summed E-state index contributed by atoms with van der Waals surface area (Å²) in [5.74, 6) is 0. The monoisotopic (exact) mass is 251 g/mol. The van der Waals surface area contributed by atoms with E-state index >= 15 is 0 Å². The lowest BCUT2D eigenvalue weighted by molar-refractivity contribution is -0.148. The predicted octanol–water partition coefficient (Wildman–Crippen LogP) is 3.72. The van der Waals surface area contributed by atoms with Crippen molar-refractivity contribution in [1.29, 1.82) is 0 Å². The molecular weight excluding hydrogens is 239 g/mol. The molecule has 0 aliphatic carbocycles. The fraction of sp³-hybridized carbons (Fsp3) is 0.286. The molecule has 2 aromatic rings. The zero-order chi connectivity index (χ0) is 12.8. The van der Waals surface area contributed by atoms with E-state index in [1.54, 1.807) is 0 Å². The quantitative estimate of drug-likeness (QED) is 0.746. The fourth-order valence-corrected chi connectivity index (χ4v) is 2.67. The largest absolute Gasteiger partial charge is 0.401 e. The molecule has 0 saturated carbocycles. The first-order valence-corrected chi connectivity index (χ1v) is 5.81. The van der Waals surface area contributed by atoms with Crippen LogP contribution in [-0.4, -0.2) is 17.6 Å². The maximum absolute atomic E-state index is 12.5. The lowest BCUT2D eigenvalue weighted by Gasteiger charge is -2.29. The molecule has 0 amide bonds. The molecule has 0 unspecified atom stereocenters. The van der Waals surface area contributed by atoms with Gasteiger partial charge in [-0.2, -0.15) is 13.2 Å². The summed E-state index contributed by atoms with van der Waals surface area (Å²) in [6.07, 6.45) is -4.14. The molecule has 1 heterocycles. The molecule has 0 bridgehead atoms. The lowest BCUT2D eigenvalue weighted by atomic mass is 9.95. The van der Waals surface area contributed by atoms with Gasteiger partial charge in [0.05, 0.1) is 6.54 Å². The first-order valence-electron chi connectivity index (χ1n) is 5.81. The number of benzene rings is 2. The number of hydrogen-bond acceptors (Lipinski definition) is 1. The summed E-state index contributed by atoms with van der Waals surface area (Å²) in [6, 6.07) is 11.6. The van der Waals surface area contributed by atoms with E-state index in [2.05, 4.69) is 0 Å². The summed E-state index contributed by atoms with van der Waals surface area (Å²) in [5.41, 5.74) is 1.97. The van der Waals surface area contributed by atoms with E-state index in [4.69, 9.17) is 0 Å². The van der Waals surface area contributed by atoms with Crippen LogP contribution in [0.15, 0.2) is 36.4 Å². The van der Waals surface area contributed by atoms with Crippen molar-refractivity contribution in [2.75, 3.05) is 6.54 Å². The van der Waals surface area contributed by atoms with E-state index in [9.17, 15) is 13.2 Å². The topological polar surface area (TPSA) is 3.24 Å². The van der Waals surface area contributed by atoms with E-state index in [-0.39, 0.29) is 0 Å². The first-order chi connectivity index (χ1) is 8.53. The van der Waals surface area contributed by atoms with Crippen molar-refractivity contribution in [3.8, 4) is 0 Å². The Hall–Kier alpha value is -1.55. The van der Waals surface area contributed by atoms with Gasteiger partial charge < -0.3 is 0 Å². The Bertz CT molecular complexity index is 548. The third-order valence-corrected chi connectivity index (χ3v) is 3.27. The average Bonchev–Trinajstić information content (AvgIpc) is 2.27. The minimum atomic E-state index is -4.14. The van der Waals surface area contributed by atoms with Crippen LogP contribution < -0.4 is 0 Å². The van der Waals surface area contributed by atoms with Crippen LogP contribution in [0, 0.1) is 0 Å². The van der Waals surface area contributed by atoms with E-state index in [1.165, 1.54) is 4.90 Å². The third-order valence-electron chi connectivity index (χ3n) is 3.27. The summed E-state index contributed by atoms with van der Waals surface area (Å²) in [7, 11) is 0. The molecule has 0 spiro atoms. The minimum Gasteiger partial charge on any atom is -0.286 e. The molecular formula is C14H12F3N. The van der Waals surface area contributed by atoms with E-state index in [0.29, 0.717) is 13.1 Å². The predicted molar refractivity (Wildman–Crippen MR) is 64.1 cm³/mol. The standard InChI is InChI=1S/C14H12F3N/c15-14(16,17)9-18-7-11-5-1-3-10-4-2-6-12(8-18)13(10)11/h1-6H,7-9H2. The zero-order valence-corrected chi connectivity index (χ0v) is 9.67. The summed E-state index contributed by atoms with van der Waals surface area (Å²) >= 11 is 0. The Morgan fingerprint density at radius 1 is 0.944 bits per heavy atom. The summed E-state index contributed by atoms with van der Waals surface area (Å²) in [6.45, 7) is -0.112. The molecule has 18 heavy (non-hydrogen) atoms. The molecule has 0 fully saturated rings. The van der Waals surface area contributed by atoms with Crippen molar-refractivity contribution >= 4 is 10.8 Å². The molecule has 4 heteroatoms. The summed E-state index contributed by atoms with van der Waals surface area (Å²) < 4.78 is 37.4. The second-order valence-corrected chi connectivity index (χ2v) is 4.69. The third kappa shape index (κ3) is 2.08. The number of halogens is 3. The van der Waals surface area contributed by atoms with Crippen LogP contribution in [0.1, 0.15) is 11.1 Å². The Labute approximate surface area is 103 Å². The number of alkyl halides is 3. The van der Waals surface area contributed by atoms with Gasteiger partial charge in [0.1, 0.15) is 0 Å². The molecule has 0 N–H and O–H groups in total. The van der Waals surface area contributed by atoms with E-state index in [0.717, 1.165) is 21.9 Å². The smallest absolute Gasteiger partial charge is 0.286 e. The Morgan fingerprint density at radius 3 is 2.00 bits per heavy atom. The first kappa shape index (κ1) is 11.5. The van der Waals surface area contributed by atoms with Crippen LogP contribution in [0.4, 0.5) is 13.2 Å². The average molecular weight is 251 g/mol. The van der Waals surface area contributed by atoms with Gasteiger partial charge >= 0.3 is 6.18 Å². The second kappa shape index (κ2) is 3.99. The fourth-order valence-electron chi connectivity index (χ4n) is 2.67. The zero-order valence-electron chi connectivity index (χ0n) is 9.67. The van der Waals surface area contributed by atoms with Crippen molar-refractivity contribution in [1.82, 2.24) is 4.90 Å². The molecule has 2 aromatic carbocycles. The molecule has 0 aromatic heterocycles. The van der Waals surface area contributed by atoms with Gasteiger partial charge in [-0.15, -0.1) is 0 Å². The van der Waals surface area contributed by atoms with Crippen molar-refractivity contribution in [2.45, 2.75) is 19.3 Å². The molecule has 3 rings (SSSR count). The summed E-state index contributed by atoms with van der Waals surface area (Å²) in [5, 5.41) is 2.23. The van der Waals surface area contributed by atoms with Crippen molar-refractivity contribution in [3.05, 3.63) is 47.5 Å². The number of hydrogen-bond donors (Lipinski definition) is 0. The normalized spacial score (nSPS) is 16.2. The maximum Gasteiger partial charge on any atom is 0.401 e. The molecule has 94 valence electrons. The highest BCUT2D eigenvalue weighted by molar-refractivity contribution is 5.89. The lowest BCUT2D eigenvalue weighted by Crippen LogP contribution is -2.35. The highest BCUT2D eigenvalue weighted by Gasteiger charge is 2.32. The van der Waals surface area contributed by atoms with Crippen molar-refractivity contribution in [2.24, 2.45) is 0 Å². The molecule has 0 radical (unpaired) electrons. The number of nitrogens with zero attached hydrogens (tertiary/aromatic N) is 1. The van der Waals surface area contributed by atoms with Crippen molar-refractivity contribution < 1.29 is 13.2 Å². The van der Waals surface area contributed by atoms with Gasteiger partial charge in [-0.05, 0) is 21.9 Å². The van der Waals surface area contributed by atoms with Crippen LogP contribution in [0.3, 0.4) is 0 Å². The highest BCUT2D eigenvalue weighted by Crippen LogP contribution is 2.31. The Kier molecular flexibility index (Phi) is 2.55. The molecule has 0 atom stereocenters. The van der Waals surface area contributed by atoms with Crippen LogP contribution in [-0.2, 0) is 13.1 Å². The van der Waals surface area contributed by atoms with Gasteiger partial charge in [0.2, 0.25) is 0 Å². The van der Waals surface area contributed by atoms with Gasteiger partial charge in [0, 0.05) is 13.1 Å². The maximum atomic E-state index is 12.5. The van der Waals surface area contributed by atoms with Crippen LogP contribution in [0.5, 0.6) is 0 Å². The SMILES string of the molecule is FC(F)(F)CN1Cc2cccc3cccc(c23)C1. The molecule has 1 aliphatic heterocycles. The van der Waals surface area contributed by atoms with Gasteiger partial charge in [-0.25, -0.2) is 0 Å².